The predicted octanol–water partition coefficient (Wildman–Crippen LogP) is 2.24. The molecule has 0 aliphatic carbocycles. The number of carbonyl (C=O) groups excluding carboxylic acids is 1. The zero-order valence-electron chi connectivity index (χ0n) is 12.1. The molecular formula is C14H21NO4. The zero-order chi connectivity index (χ0) is 14.4. The van der Waals surface area contributed by atoms with E-state index in [0.717, 1.165) is 6.42 Å². The number of methoxy groups -OCH3 is 3. The van der Waals surface area contributed by atoms with Gasteiger partial charge < -0.3 is 19.5 Å². The molecule has 19 heavy (non-hydrogen) atoms. The van der Waals surface area contributed by atoms with Gasteiger partial charge in [0.05, 0.1) is 26.9 Å². The molecule has 1 rings (SSSR count). The van der Waals surface area contributed by atoms with Gasteiger partial charge in [-0.1, -0.05) is 6.92 Å². The van der Waals surface area contributed by atoms with Crippen LogP contribution in [0.2, 0.25) is 0 Å². The predicted molar refractivity (Wildman–Crippen MR) is 73.3 cm³/mol. The lowest BCUT2D eigenvalue weighted by Crippen LogP contribution is -2.32. The van der Waals surface area contributed by atoms with Gasteiger partial charge in [0.15, 0.2) is 11.5 Å². The summed E-state index contributed by atoms with van der Waals surface area (Å²) in [5, 5.41) is 2.89. The van der Waals surface area contributed by atoms with E-state index in [1.54, 1.807) is 12.1 Å². The van der Waals surface area contributed by atoms with Crippen molar-refractivity contribution in [1.82, 2.24) is 5.32 Å². The van der Waals surface area contributed by atoms with Crippen molar-refractivity contribution in [2.75, 3.05) is 21.3 Å². The molecular weight excluding hydrogens is 246 g/mol. The summed E-state index contributed by atoms with van der Waals surface area (Å²) in [4.78, 5) is 12.2. The Morgan fingerprint density at radius 3 is 2.11 bits per heavy atom. The smallest absolute Gasteiger partial charge is 0.255 e. The first-order valence-electron chi connectivity index (χ1n) is 6.18. The first kappa shape index (κ1) is 15.1. The van der Waals surface area contributed by atoms with E-state index in [0.29, 0.717) is 22.8 Å². The van der Waals surface area contributed by atoms with Crippen molar-refractivity contribution in [2.45, 2.75) is 26.3 Å². The standard InChI is InChI=1S/C14H21NO4/c1-6-9(2)15-14(16)10-7-12(18-4)13(19-5)8-11(10)17-3/h7-9H,6H2,1-5H3,(H,15,16)/t9-/m0/s1. The second kappa shape index (κ2) is 6.87. The van der Waals surface area contributed by atoms with Crippen molar-refractivity contribution < 1.29 is 19.0 Å². The molecule has 106 valence electrons. The van der Waals surface area contributed by atoms with Gasteiger partial charge in [0, 0.05) is 18.2 Å². The molecule has 1 aromatic rings. The highest BCUT2D eigenvalue weighted by Crippen LogP contribution is 2.34. The van der Waals surface area contributed by atoms with Gasteiger partial charge in [0.25, 0.3) is 5.91 Å². The molecule has 1 aromatic carbocycles. The van der Waals surface area contributed by atoms with E-state index in [9.17, 15) is 4.79 Å². The number of hydrogen-bond acceptors (Lipinski definition) is 4. The number of amides is 1. The molecule has 0 spiro atoms. The number of ether oxygens (including phenoxy) is 3. The molecule has 5 heteroatoms. The van der Waals surface area contributed by atoms with Crippen molar-refractivity contribution in [3.63, 3.8) is 0 Å². The van der Waals surface area contributed by atoms with E-state index < -0.39 is 0 Å². The summed E-state index contributed by atoms with van der Waals surface area (Å²) in [6.45, 7) is 3.96. The summed E-state index contributed by atoms with van der Waals surface area (Å²) in [5.41, 5.74) is 0.431. The third kappa shape index (κ3) is 3.53. The number of benzene rings is 1. The van der Waals surface area contributed by atoms with Gasteiger partial charge in [-0.05, 0) is 13.3 Å². The molecule has 0 unspecified atom stereocenters. The highest BCUT2D eigenvalue weighted by atomic mass is 16.5. The van der Waals surface area contributed by atoms with Crippen molar-refractivity contribution >= 4 is 5.91 Å². The number of rotatable bonds is 6. The lowest BCUT2D eigenvalue weighted by atomic mass is 10.1. The molecule has 0 radical (unpaired) electrons. The second-order valence-corrected chi connectivity index (χ2v) is 4.19. The maximum absolute atomic E-state index is 12.2. The van der Waals surface area contributed by atoms with E-state index in [2.05, 4.69) is 5.32 Å². The lowest BCUT2D eigenvalue weighted by molar-refractivity contribution is 0.0935. The Balaban J connectivity index is 3.14. The largest absolute Gasteiger partial charge is 0.496 e. The Morgan fingerprint density at radius 1 is 1.11 bits per heavy atom. The Morgan fingerprint density at radius 2 is 1.63 bits per heavy atom. The number of carbonyl (C=O) groups is 1. The molecule has 5 nitrogen and oxygen atoms in total. The van der Waals surface area contributed by atoms with Crippen LogP contribution in [0.15, 0.2) is 12.1 Å². The summed E-state index contributed by atoms with van der Waals surface area (Å²) >= 11 is 0. The third-order valence-electron chi connectivity index (χ3n) is 2.94. The van der Waals surface area contributed by atoms with Crippen LogP contribution in [0.5, 0.6) is 17.2 Å². The normalized spacial score (nSPS) is 11.6. The maximum Gasteiger partial charge on any atom is 0.255 e. The highest BCUT2D eigenvalue weighted by Gasteiger charge is 2.18. The Kier molecular flexibility index (Phi) is 5.48. The van der Waals surface area contributed by atoms with Crippen LogP contribution in [0.25, 0.3) is 0 Å². The van der Waals surface area contributed by atoms with Crippen LogP contribution < -0.4 is 19.5 Å². The Hall–Kier alpha value is -1.91. The Labute approximate surface area is 113 Å². The van der Waals surface area contributed by atoms with Crippen molar-refractivity contribution in [3.8, 4) is 17.2 Å². The monoisotopic (exact) mass is 267 g/mol. The van der Waals surface area contributed by atoms with E-state index >= 15 is 0 Å². The van der Waals surface area contributed by atoms with E-state index in [1.165, 1.54) is 21.3 Å². The first-order valence-corrected chi connectivity index (χ1v) is 6.18. The van der Waals surface area contributed by atoms with Crippen LogP contribution in [0, 0.1) is 0 Å². The topological polar surface area (TPSA) is 56.8 Å². The maximum atomic E-state index is 12.2. The summed E-state index contributed by atoms with van der Waals surface area (Å²) < 4.78 is 15.6. The molecule has 0 saturated heterocycles. The average molecular weight is 267 g/mol. The fourth-order valence-corrected chi connectivity index (χ4v) is 1.61. The molecule has 0 saturated carbocycles. The van der Waals surface area contributed by atoms with Gasteiger partial charge in [-0.25, -0.2) is 0 Å². The van der Waals surface area contributed by atoms with Gasteiger partial charge in [-0.15, -0.1) is 0 Å². The van der Waals surface area contributed by atoms with Crippen LogP contribution in [-0.2, 0) is 0 Å². The van der Waals surface area contributed by atoms with E-state index in [-0.39, 0.29) is 11.9 Å². The summed E-state index contributed by atoms with van der Waals surface area (Å²) in [5.74, 6) is 1.29. The zero-order valence-corrected chi connectivity index (χ0v) is 12.1. The second-order valence-electron chi connectivity index (χ2n) is 4.19. The molecule has 1 atom stereocenters. The highest BCUT2D eigenvalue weighted by molar-refractivity contribution is 5.98. The van der Waals surface area contributed by atoms with Crippen molar-refractivity contribution in [3.05, 3.63) is 17.7 Å². The lowest BCUT2D eigenvalue weighted by Gasteiger charge is -2.16. The van der Waals surface area contributed by atoms with Crippen LogP contribution in [-0.4, -0.2) is 33.3 Å². The minimum atomic E-state index is -0.188. The molecule has 0 aliphatic rings. The minimum absolute atomic E-state index is 0.102. The van der Waals surface area contributed by atoms with Gasteiger partial charge in [0.1, 0.15) is 5.75 Å². The summed E-state index contributed by atoms with van der Waals surface area (Å²) in [6, 6.07) is 3.37. The van der Waals surface area contributed by atoms with Gasteiger partial charge >= 0.3 is 0 Å². The fraction of sp³-hybridized carbons (Fsp3) is 0.500. The fourth-order valence-electron chi connectivity index (χ4n) is 1.61. The first-order chi connectivity index (χ1) is 9.07. The molecule has 0 heterocycles. The number of nitrogens with one attached hydrogen (secondary N) is 1. The SMILES string of the molecule is CC[C@H](C)NC(=O)c1cc(OC)c(OC)cc1OC. The van der Waals surface area contributed by atoms with Gasteiger partial charge in [-0.3, -0.25) is 4.79 Å². The molecule has 1 amide bonds. The minimum Gasteiger partial charge on any atom is -0.496 e. The number of hydrogen-bond donors (Lipinski definition) is 1. The van der Waals surface area contributed by atoms with Crippen LogP contribution in [0.4, 0.5) is 0 Å². The molecule has 0 fully saturated rings. The van der Waals surface area contributed by atoms with E-state index in [1.807, 2.05) is 13.8 Å². The third-order valence-corrected chi connectivity index (χ3v) is 2.94. The molecule has 0 aromatic heterocycles. The van der Waals surface area contributed by atoms with Gasteiger partial charge in [0.2, 0.25) is 0 Å². The van der Waals surface area contributed by atoms with Crippen LogP contribution in [0.1, 0.15) is 30.6 Å². The van der Waals surface area contributed by atoms with E-state index in [4.69, 9.17) is 14.2 Å². The van der Waals surface area contributed by atoms with Crippen molar-refractivity contribution in [2.24, 2.45) is 0 Å². The summed E-state index contributed by atoms with van der Waals surface area (Å²) in [6.07, 6.45) is 0.862. The summed E-state index contributed by atoms with van der Waals surface area (Å²) in [7, 11) is 4.58. The van der Waals surface area contributed by atoms with Crippen LogP contribution >= 0.6 is 0 Å². The van der Waals surface area contributed by atoms with Crippen LogP contribution in [0.3, 0.4) is 0 Å². The molecule has 1 N–H and O–H groups in total. The van der Waals surface area contributed by atoms with Crippen molar-refractivity contribution in [1.29, 1.82) is 0 Å². The average Bonchev–Trinajstić information content (AvgIpc) is 2.45. The Bertz CT molecular complexity index is 445. The quantitative estimate of drug-likeness (QED) is 0.858. The molecule has 0 bridgehead atoms. The molecule has 0 aliphatic heterocycles. The van der Waals surface area contributed by atoms with Gasteiger partial charge in [-0.2, -0.15) is 0 Å².